The summed E-state index contributed by atoms with van der Waals surface area (Å²) in [5.74, 6) is 0. The van der Waals surface area contributed by atoms with Gasteiger partial charge in [-0.15, -0.1) is 0 Å². The van der Waals surface area contributed by atoms with E-state index in [1.807, 2.05) is 11.4 Å². The van der Waals surface area contributed by atoms with E-state index in [0.717, 1.165) is 0 Å². The second-order valence-corrected chi connectivity index (χ2v) is 1.38. The highest BCUT2D eigenvalue weighted by Gasteiger charge is 1.59. The van der Waals surface area contributed by atoms with Gasteiger partial charge in [-0.25, -0.2) is 4.37 Å². The van der Waals surface area contributed by atoms with Crippen LogP contribution in [-0.2, 0) is 0 Å². The van der Waals surface area contributed by atoms with Crippen LogP contribution in [0, 0.1) is 0 Å². The smallest absolute Gasteiger partial charge is 0.0406 e. The van der Waals surface area contributed by atoms with Gasteiger partial charge < -0.3 is 6.15 Å². The Labute approximate surface area is 40.6 Å². The molecule has 0 fully saturated rings. The highest BCUT2D eigenvalue weighted by molar-refractivity contribution is 7.03. The first-order valence-electron chi connectivity index (χ1n) is 1.34. The number of rotatable bonds is 0. The fraction of sp³-hybridized carbons (Fsp3) is 0. The largest absolute Gasteiger partial charge is 0.344 e. The summed E-state index contributed by atoms with van der Waals surface area (Å²) in [6.07, 6.45) is 1.77. The lowest BCUT2D eigenvalue weighted by molar-refractivity contribution is 1.58. The Morgan fingerprint density at radius 2 is 2.33 bits per heavy atom. The van der Waals surface area contributed by atoms with Gasteiger partial charge in [0, 0.05) is 11.6 Å². The van der Waals surface area contributed by atoms with Crippen LogP contribution in [-0.4, -0.2) is 4.37 Å². The van der Waals surface area contributed by atoms with Crippen LogP contribution >= 0.6 is 11.5 Å². The Morgan fingerprint density at radius 1 is 1.50 bits per heavy atom. The molecule has 0 amide bonds. The van der Waals surface area contributed by atoms with Gasteiger partial charge in [-0.05, 0) is 17.6 Å². The zero-order valence-electron chi connectivity index (χ0n) is 3.29. The summed E-state index contributed by atoms with van der Waals surface area (Å²) in [5.41, 5.74) is 0. The van der Waals surface area contributed by atoms with E-state index in [1.165, 1.54) is 11.5 Å². The van der Waals surface area contributed by atoms with Crippen molar-refractivity contribution in [1.29, 1.82) is 0 Å². The van der Waals surface area contributed by atoms with Crippen molar-refractivity contribution in [2.45, 2.75) is 0 Å². The van der Waals surface area contributed by atoms with E-state index >= 15 is 0 Å². The second kappa shape index (κ2) is 2.81. The average Bonchev–Trinajstić information content (AvgIpc) is 1.76. The van der Waals surface area contributed by atoms with E-state index in [9.17, 15) is 0 Å². The van der Waals surface area contributed by atoms with E-state index in [1.54, 1.807) is 6.20 Å². The first kappa shape index (κ1) is 5.59. The van der Waals surface area contributed by atoms with Gasteiger partial charge in [0.25, 0.3) is 0 Å². The molecule has 0 saturated heterocycles. The van der Waals surface area contributed by atoms with E-state index in [-0.39, 0.29) is 6.15 Å². The zero-order valence-corrected chi connectivity index (χ0v) is 4.11. The van der Waals surface area contributed by atoms with E-state index in [0.29, 0.717) is 0 Å². The van der Waals surface area contributed by atoms with Gasteiger partial charge in [0.2, 0.25) is 0 Å². The summed E-state index contributed by atoms with van der Waals surface area (Å²) in [7, 11) is 0. The molecular weight excluding hydrogens is 96.1 g/mol. The van der Waals surface area contributed by atoms with Crippen LogP contribution in [0.3, 0.4) is 0 Å². The Morgan fingerprint density at radius 3 is 2.50 bits per heavy atom. The SMILES string of the molecule is N.c1cnsc1. The molecule has 0 unspecified atom stereocenters. The molecule has 0 bridgehead atoms. The summed E-state index contributed by atoms with van der Waals surface area (Å²) in [6.45, 7) is 0. The van der Waals surface area contributed by atoms with Crippen molar-refractivity contribution in [3.63, 3.8) is 0 Å². The highest BCUT2D eigenvalue weighted by atomic mass is 32.1. The molecule has 2 nitrogen and oxygen atoms in total. The Kier molecular flexibility index (Phi) is 2.62. The molecule has 1 aromatic heterocycles. The first-order valence-corrected chi connectivity index (χ1v) is 2.18. The Hall–Kier alpha value is -0.410. The molecule has 1 aromatic rings. The molecule has 0 atom stereocenters. The number of hydrogen-bond donors (Lipinski definition) is 1. The van der Waals surface area contributed by atoms with Crippen molar-refractivity contribution in [1.82, 2.24) is 10.5 Å². The molecule has 0 radical (unpaired) electrons. The van der Waals surface area contributed by atoms with Crippen molar-refractivity contribution in [3.05, 3.63) is 17.6 Å². The molecule has 0 aliphatic rings. The van der Waals surface area contributed by atoms with Crippen molar-refractivity contribution >= 4 is 11.5 Å². The molecule has 3 heteroatoms. The topological polar surface area (TPSA) is 47.9 Å². The first-order chi connectivity index (χ1) is 2.50. The van der Waals surface area contributed by atoms with Crippen molar-refractivity contribution in [2.24, 2.45) is 0 Å². The van der Waals surface area contributed by atoms with Gasteiger partial charge in [0.15, 0.2) is 0 Å². The summed E-state index contributed by atoms with van der Waals surface area (Å²) in [5, 5.41) is 1.93. The fourth-order valence-corrected chi connectivity index (χ4v) is 0.527. The Balaban J connectivity index is 0.000000250. The minimum absolute atomic E-state index is 0. The minimum atomic E-state index is 0. The molecule has 3 N–H and O–H groups in total. The molecule has 34 valence electrons. The predicted octanol–water partition coefficient (Wildman–Crippen LogP) is 1.31. The molecule has 0 aromatic carbocycles. The molecule has 6 heavy (non-hydrogen) atoms. The van der Waals surface area contributed by atoms with Crippen molar-refractivity contribution in [2.75, 3.05) is 0 Å². The van der Waals surface area contributed by atoms with Gasteiger partial charge >= 0.3 is 0 Å². The third kappa shape index (κ3) is 1.14. The number of hydrogen-bond acceptors (Lipinski definition) is 3. The van der Waals surface area contributed by atoms with Gasteiger partial charge in [0.1, 0.15) is 0 Å². The molecular formula is C3H6N2S. The standard InChI is InChI=1S/C3H3NS.H3N/c1-2-4-5-3-1;/h1-3H;1H3. The van der Waals surface area contributed by atoms with Crippen LogP contribution < -0.4 is 6.15 Å². The summed E-state index contributed by atoms with van der Waals surface area (Å²) >= 11 is 1.46. The van der Waals surface area contributed by atoms with Gasteiger partial charge in [-0.3, -0.25) is 0 Å². The lowest BCUT2D eigenvalue weighted by Crippen LogP contribution is -1.32. The maximum absolute atomic E-state index is 3.76. The zero-order chi connectivity index (χ0) is 3.54. The minimum Gasteiger partial charge on any atom is -0.344 e. The lowest BCUT2D eigenvalue weighted by atomic mass is 10.8. The summed E-state index contributed by atoms with van der Waals surface area (Å²) < 4.78 is 3.76. The van der Waals surface area contributed by atoms with Crippen LogP contribution in [0.5, 0.6) is 0 Å². The fourth-order valence-electron chi connectivity index (χ4n) is 0.176. The molecule has 1 rings (SSSR count). The van der Waals surface area contributed by atoms with Crippen LogP contribution in [0.25, 0.3) is 0 Å². The maximum atomic E-state index is 3.76. The van der Waals surface area contributed by atoms with Crippen molar-refractivity contribution < 1.29 is 0 Å². The average molecular weight is 102 g/mol. The molecule has 0 aliphatic carbocycles. The predicted molar refractivity (Wildman–Crippen MR) is 27.1 cm³/mol. The third-order valence-corrected chi connectivity index (χ3v) is 0.869. The van der Waals surface area contributed by atoms with E-state index in [2.05, 4.69) is 4.37 Å². The second-order valence-electron chi connectivity index (χ2n) is 0.688. The summed E-state index contributed by atoms with van der Waals surface area (Å²) in [4.78, 5) is 0. The lowest BCUT2D eigenvalue weighted by Gasteiger charge is -1.41. The van der Waals surface area contributed by atoms with Gasteiger partial charge in [-0.2, -0.15) is 0 Å². The summed E-state index contributed by atoms with van der Waals surface area (Å²) in [6, 6.07) is 1.91. The van der Waals surface area contributed by atoms with Crippen LogP contribution in [0.2, 0.25) is 0 Å². The number of aromatic nitrogens is 1. The van der Waals surface area contributed by atoms with Crippen LogP contribution in [0.15, 0.2) is 17.6 Å². The van der Waals surface area contributed by atoms with Gasteiger partial charge in [-0.1, -0.05) is 0 Å². The highest BCUT2D eigenvalue weighted by Crippen LogP contribution is 1.83. The maximum Gasteiger partial charge on any atom is 0.0406 e. The quantitative estimate of drug-likeness (QED) is 0.536. The van der Waals surface area contributed by atoms with E-state index < -0.39 is 0 Å². The monoisotopic (exact) mass is 102 g/mol. The van der Waals surface area contributed by atoms with Crippen LogP contribution in [0.4, 0.5) is 0 Å². The molecule has 0 saturated carbocycles. The molecule has 0 spiro atoms. The van der Waals surface area contributed by atoms with Gasteiger partial charge in [0.05, 0.1) is 0 Å². The molecule has 1 heterocycles. The van der Waals surface area contributed by atoms with Crippen molar-refractivity contribution in [3.8, 4) is 0 Å². The number of nitrogens with zero attached hydrogens (tertiary/aromatic N) is 1. The van der Waals surface area contributed by atoms with E-state index in [4.69, 9.17) is 0 Å². The normalized spacial score (nSPS) is 6.67. The third-order valence-electron chi connectivity index (χ3n) is 0.347. The van der Waals surface area contributed by atoms with Crippen LogP contribution in [0.1, 0.15) is 0 Å². The Bertz CT molecular complexity index is 65.3. The molecule has 0 aliphatic heterocycles.